The van der Waals surface area contributed by atoms with E-state index in [9.17, 15) is 4.79 Å². The lowest BCUT2D eigenvalue weighted by atomic mass is 9.98. The van der Waals surface area contributed by atoms with Crippen LogP contribution in [0.5, 0.6) is 0 Å². The van der Waals surface area contributed by atoms with Crippen LogP contribution in [0.25, 0.3) is 0 Å². The van der Waals surface area contributed by atoms with E-state index >= 15 is 0 Å². The highest BCUT2D eigenvalue weighted by atomic mass is 16.2. The summed E-state index contributed by atoms with van der Waals surface area (Å²) in [5.41, 5.74) is 2.50. The molecule has 3 rings (SSSR count). The van der Waals surface area contributed by atoms with E-state index in [0.29, 0.717) is 19.5 Å². The van der Waals surface area contributed by atoms with E-state index < -0.39 is 0 Å². The highest BCUT2D eigenvalue weighted by Gasteiger charge is 2.27. The van der Waals surface area contributed by atoms with Crippen LogP contribution < -0.4 is 10.6 Å². The van der Waals surface area contributed by atoms with Crippen molar-refractivity contribution in [3.63, 3.8) is 0 Å². The van der Waals surface area contributed by atoms with Gasteiger partial charge in [-0.3, -0.25) is 14.7 Å². The Labute approximate surface area is 175 Å². The molecule has 0 spiro atoms. The maximum absolute atomic E-state index is 11.9. The number of guanidine groups is 1. The van der Waals surface area contributed by atoms with Gasteiger partial charge >= 0.3 is 0 Å². The number of carbonyl (C=O) groups is 1. The molecule has 0 aliphatic carbocycles. The van der Waals surface area contributed by atoms with Gasteiger partial charge in [0.2, 0.25) is 5.91 Å². The van der Waals surface area contributed by atoms with Gasteiger partial charge in [-0.2, -0.15) is 0 Å². The third-order valence-electron chi connectivity index (χ3n) is 6.12. The summed E-state index contributed by atoms with van der Waals surface area (Å²) in [6, 6.07) is 8.47. The molecule has 2 aliphatic rings. The van der Waals surface area contributed by atoms with Crippen molar-refractivity contribution in [1.82, 2.24) is 20.4 Å². The van der Waals surface area contributed by atoms with Gasteiger partial charge < -0.3 is 15.5 Å². The van der Waals surface area contributed by atoms with Crippen molar-refractivity contribution in [2.75, 3.05) is 33.2 Å². The summed E-state index contributed by atoms with van der Waals surface area (Å²) < 4.78 is 0. The SMILES string of the molecule is CN=C(NCc1cccc(CN2CCCC2=O)c1)NCC(C)(C)N1CCCCC1. The van der Waals surface area contributed by atoms with E-state index in [2.05, 4.69) is 58.6 Å². The lowest BCUT2D eigenvalue weighted by Crippen LogP contribution is -2.54. The molecule has 0 atom stereocenters. The third-order valence-corrected chi connectivity index (χ3v) is 6.12. The van der Waals surface area contributed by atoms with Crippen molar-refractivity contribution in [2.24, 2.45) is 4.99 Å². The van der Waals surface area contributed by atoms with Gasteiger partial charge in [0.05, 0.1) is 0 Å². The minimum absolute atomic E-state index is 0.111. The normalized spacial score (nSPS) is 18.9. The highest BCUT2D eigenvalue weighted by molar-refractivity contribution is 5.79. The van der Waals surface area contributed by atoms with Crippen molar-refractivity contribution < 1.29 is 4.79 Å². The molecule has 2 heterocycles. The molecular weight excluding hydrogens is 362 g/mol. The van der Waals surface area contributed by atoms with E-state index in [4.69, 9.17) is 0 Å². The Morgan fingerprint density at radius 1 is 1.07 bits per heavy atom. The second-order valence-corrected chi connectivity index (χ2v) is 8.88. The number of nitrogens with zero attached hydrogens (tertiary/aromatic N) is 3. The molecule has 0 saturated carbocycles. The molecule has 0 bridgehead atoms. The number of carbonyl (C=O) groups excluding carboxylic acids is 1. The van der Waals surface area contributed by atoms with Crippen LogP contribution in [0.1, 0.15) is 57.1 Å². The monoisotopic (exact) mass is 399 g/mol. The number of hydrogen-bond donors (Lipinski definition) is 2. The lowest BCUT2D eigenvalue weighted by molar-refractivity contribution is -0.128. The van der Waals surface area contributed by atoms with Gasteiger partial charge in [-0.15, -0.1) is 0 Å². The summed E-state index contributed by atoms with van der Waals surface area (Å²) >= 11 is 0. The molecule has 2 saturated heterocycles. The van der Waals surface area contributed by atoms with E-state index in [-0.39, 0.29) is 11.4 Å². The van der Waals surface area contributed by atoms with Crippen LogP contribution in [-0.2, 0) is 17.9 Å². The second kappa shape index (κ2) is 10.1. The number of hydrogen-bond acceptors (Lipinski definition) is 3. The van der Waals surface area contributed by atoms with Gasteiger partial charge in [-0.1, -0.05) is 30.7 Å². The predicted octanol–water partition coefficient (Wildman–Crippen LogP) is 2.74. The summed E-state index contributed by atoms with van der Waals surface area (Å²) in [6.07, 6.45) is 5.63. The zero-order valence-electron chi connectivity index (χ0n) is 18.3. The molecule has 6 nitrogen and oxygen atoms in total. The van der Waals surface area contributed by atoms with Crippen molar-refractivity contribution in [2.45, 2.75) is 64.6 Å². The number of nitrogens with one attached hydrogen (secondary N) is 2. The molecule has 2 N–H and O–H groups in total. The Bertz CT molecular complexity index is 709. The average Bonchev–Trinajstić information content (AvgIpc) is 3.13. The molecule has 2 aliphatic heterocycles. The summed E-state index contributed by atoms with van der Waals surface area (Å²) in [5.74, 6) is 1.10. The summed E-state index contributed by atoms with van der Waals surface area (Å²) in [7, 11) is 1.82. The van der Waals surface area contributed by atoms with Crippen molar-refractivity contribution in [3.05, 3.63) is 35.4 Å². The van der Waals surface area contributed by atoms with Gasteiger partial charge in [0.25, 0.3) is 0 Å². The third kappa shape index (κ3) is 6.20. The first-order valence-electron chi connectivity index (χ1n) is 11.0. The number of likely N-dealkylation sites (tertiary alicyclic amines) is 2. The van der Waals surface area contributed by atoms with Crippen LogP contribution in [0.15, 0.2) is 29.3 Å². The minimum Gasteiger partial charge on any atom is -0.355 e. The van der Waals surface area contributed by atoms with Crippen LogP contribution in [-0.4, -0.2) is 60.4 Å². The lowest BCUT2D eigenvalue weighted by Gasteiger charge is -2.41. The number of rotatable bonds is 7. The fraction of sp³-hybridized carbons (Fsp3) is 0.652. The Morgan fingerprint density at radius 2 is 1.83 bits per heavy atom. The molecule has 2 fully saturated rings. The first-order chi connectivity index (χ1) is 14.0. The Balaban J connectivity index is 1.49. The number of piperidine rings is 1. The van der Waals surface area contributed by atoms with Crippen LogP contribution >= 0.6 is 0 Å². The van der Waals surface area contributed by atoms with Gasteiger partial charge in [0, 0.05) is 45.2 Å². The summed E-state index contributed by atoms with van der Waals surface area (Å²) in [6.45, 7) is 10.2. The standard InChI is InChI=1S/C23H37N5O/c1-23(2,28-13-5-4-6-14-28)18-26-22(24-3)25-16-19-9-7-10-20(15-19)17-27-12-8-11-21(27)29/h7,9-10,15H,4-6,8,11-14,16-18H2,1-3H3,(H2,24,25,26). The van der Waals surface area contributed by atoms with E-state index in [1.165, 1.54) is 43.5 Å². The molecule has 6 heteroatoms. The Hall–Kier alpha value is -2.08. The second-order valence-electron chi connectivity index (χ2n) is 8.88. The van der Waals surface area contributed by atoms with Crippen LogP contribution in [0.4, 0.5) is 0 Å². The van der Waals surface area contributed by atoms with Crippen LogP contribution in [0, 0.1) is 0 Å². The van der Waals surface area contributed by atoms with E-state index in [1.807, 2.05) is 11.9 Å². The fourth-order valence-electron chi connectivity index (χ4n) is 4.25. The minimum atomic E-state index is 0.111. The molecule has 1 amide bonds. The maximum Gasteiger partial charge on any atom is 0.222 e. The zero-order chi connectivity index (χ0) is 20.7. The summed E-state index contributed by atoms with van der Waals surface area (Å²) in [5, 5.41) is 6.93. The summed E-state index contributed by atoms with van der Waals surface area (Å²) in [4.78, 5) is 20.8. The Morgan fingerprint density at radius 3 is 2.52 bits per heavy atom. The highest BCUT2D eigenvalue weighted by Crippen LogP contribution is 2.20. The number of amides is 1. The first kappa shape index (κ1) is 21.6. The quantitative estimate of drug-likeness (QED) is 0.547. The van der Waals surface area contributed by atoms with Crippen LogP contribution in [0.2, 0.25) is 0 Å². The molecule has 1 aromatic rings. The van der Waals surface area contributed by atoms with Gasteiger partial charge in [-0.05, 0) is 57.3 Å². The molecule has 160 valence electrons. The maximum atomic E-state index is 11.9. The molecule has 29 heavy (non-hydrogen) atoms. The largest absolute Gasteiger partial charge is 0.355 e. The van der Waals surface area contributed by atoms with Gasteiger partial charge in [0.1, 0.15) is 0 Å². The zero-order valence-corrected chi connectivity index (χ0v) is 18.3. The Kier molecular flexibility index (Phi) is 7.53. The number of benzene rings is 1. The van der Waals surface area contributed by atoms with Gasteiger partial charge in [-0.25, -0.2) is 0 Å². The van der Waals surface area contributed by atoms with Crippen LogP contribution in [0.3, 0.4) is 0 Å². The van der Waals surface area contributed by atoms with Gasteiger partial charge in [0.15, 0.2) is 5.96 Å². The number of aliphatic imine (C=N–C) groups is 1. The molecule has 0 unspecified atom stereocenters. The fourth-order valence-corrected chi connectivity index (χ4v) is 4.25. The van der Waals surface area contributed by atoms with Crippen molar-refractivity contribution in [3.8, 4) is 0 Å². The first-order valence-corrected chi connectivity index (χ1v) is 11.0. The molecule has 0 radical (unpaired) electrons. The molecule has 1 aromatic carbocycles. The van der Waals surface area contributed by atoms with Crippen molar-refractivity contribution >= 4 is 11.9 Å². The topological polar surface area (TPSA) is 60.0 Å². The molecular formula is C23H37N5O. The predicted molar refractivity (Wildman–Crippen MR) is 119 cm³/mol. The average molecular weight is 400 g/mol. The van der Waals surface area contributed by atoms with E-state index in [0.717, 1.165) is 25.5 Å². The smallest absolute Gasteiger partial charge is 0.222 e. The van der Waals surface area contributed by atoms with E-state index in [1.54, 1.807) is 0 Å². The van der Waals surface area contributed by atoms with Crippen molar-refractivity contribution in [1.29, 1.82) is 0 Å². The molecule has 0 aromatic heterocycles.